The lowest BCUT2D eigenvalue weighted by atomic mass is 9.93. The average Bonchev–Trinajstić information content (AvgIpc) is 2.88. The molecule has 1 aromatic heterocycles. The van der Waals surface area contributed by atoms with Crippen molar-refractivity contribution < 1.29 is 9.59 Å². The van der Waals surface area contributed by atoms with Gasteiger partial charge in [-0.3, -0.25) is 14.6 Å². The van der Waals surface area contributed by atoms with Crippen LogP contribution in [0, 0.1) is 5.92 Å². The van der Waals surface area contributed by atoms with Crippen LogP contribution in [0.1, 0.15) is 32.1 Å². The lowest BCUT2D eigenvalue weighted by Gasteiger charge is -2.40. The molecule has 6 heteroatoms. The van der Waals surface area contributed by atoms with Crippen molar-refractivity contribution >= 4 is 23.2 Å². The molecule has 3 unspecified atom stereocenters. The number of aromatic nitrogens is 1. The molecule has 0 bridgehead atoms. The number of carbonyl (C=O) groups is 2. The zero-order valence-electron chi connectivity index (χ0n) is 11.4. The van der Waals surface area contributed by atoms with Crippen molar-refractivity contribution in [2.24, 2.45) is 5.92 Å². The van der Waals surface area contributed by atoms with Crippen LogP contribution in [0.5, 0.6) is 0 Å². The number of amides is 2. The van der Waals surface area contributed by atoms with Gasteiger partial charge in [-0.25, -0.2) is 0 Å². The van der Waals surface area contributed by atoms with Crippen molar-refractivity contribution in [3.63, 3.8) is 0 Å². The maximum absolute atomic E-state index is 12.3. The maximum Gasteiger partial charge on any atom is 0.245 e. The summed E-state index contributed by atoms with van der Waals surface area (Å²) in [4.78, 5) is 31.2. The molecule has 0 aromatic carbocycles. The lowest BCUT2D eigenvalue weighted by Crippen LogP contribution is -2.63. The monoisotopic (exact) mass is 281 g/mol. The first kappa shape index (κ1) is 14.0. The first-order valence-electron chi connectivity index (χ1n) is 6.52. The van der Waals surface area contributed by atoms with Gasteiger partial charge in [0.05, 0.1) is 12.1 Å². The largest absolute Gasteiger partial charge is 0.343 e. The standard InChI is InChI=1S/C13H19N3O2S/c1-4-8(2)11-12(17)15-9(3)13(18)16(11)6-10-5-14-7-19-10/h5,7-9,11H,4,6H2,1-3H3,(H,15,17). The molecule has 104 valence electrons. The van der Waals surface area contributed by atoms with Gasteiger partial charge in [0.25, 0.3) is 0 Å². The summed E-state index contributed by atoms with van der Waals surface area (Å²) in [6.07, 6.45) is 2.61. The molecular formula is C13H19N3O2S. The van der Waals surface area contributed by atoms with Crippen LogP contribution in [0.4, 0.5) is 0 Å². The lowest BCUT2D eigenvalue weighted by molar-refractivity contribution is -0.151. The van der Waals surface area contributed by atoms with Gasteiger partial charge in [0.1, 0.15) is 12.1 Å². The van der Waals surface area contributed by atoms with Crippen molar-refractivity contribution in [1.82, 2.24) is 15.2 Å². The Morgan fingerprint density at radius 1 is 1.53 bits per heavy atom. The van der Waals surface area contributed by atoms with Crippen LogP contribution >= 0.6 is 11.3 Å². The van der Waals surface area contributed by atoms with E-state index in [1.807, 2.05) is 13.8 Å². The highest BCUT2D eigenvalue weighted by Gasteiger charge is 2.40. The Morgan fingerprint density at radius 2 is 2.26 bits per heavy atom. The summed E-state index contributed by atoms with van der Waals surface area (Å²) >= 11 is 1.51. The topological polar surface area (TPSA) is 62.3 Å². The molecule has 2 rings (SSSR count). The molecule has 1 N–H and O–H groups in total. The third kappa shape index (κ3) is 2.78. The van der Waals surface area contributed by atoms with Crippen LogP contribution in [-0.2, 0) is 16.1 Å². The summed E-state index contributed by atoms with van der Waals surface area (Å²) in [5.41, 5.74) is 1.74. The van der Waals surface area contributed by atoms with Crippen LogP contribution in [0.3, 0.4) is 0 Å². The molecule has 0 spiro atoms. The summed E-state index contributed by atoms with van der Waals surface area (Å²) in [5.74, 6) is 0.0774. The summed E-state index contributed by atoms with van der Waals surface area (Å²) in [5, 5.41) is 2.76. The second-order valence-electron chi connectivity index (χ2n) is 4.99. The summed E-state index contributed by atoms with van der Waals surface area (Å²) in [6.45, 7) is 6.24. The van der Waals surface area contributed by atoms with Gasteiger partial charge < -0.3 is 10.2 Å². The highest BCUT2D eigenvalue weighted by molar-refractivity contribution is 7.09. The fraction of sp³-hybridized carbons (Fsp3) is 0.615. The number of hydrogen-bond acceptors (Lipinski definition) is 4. The normalized spacial score (nSPS) is 25.3. The SMILES string of the molecule is CCC(C)C1C(=O)NC(C)C(=O)N1Cc1cncs1. The van der Waals surface area contributed by atoms with E-state index in [1.54, 1.807) is 23.5 Å². The van der Waals surface area contributed by atoms with E-state index < -0.39 is 6.04 Å². The Labute approximate surface area is 117 Å². The molecule has 0 aliphatic carbocycles. The fourth-order valence-electron chi connectivity index (χ4n) is 2.34. The highest BCUT2D eigenvalue weighted by Crippen LogP contribution is 2.23. The Balaban J connectivity index is 2.25. The van der Waals surface area contributed by atoms with Gasteiger partial charge >= 0.3 is 0 Å². The van der Waals surface area contributed by atoms with Crippen molar-refractivity contribution in [1.29, 1.82) is 0 Å². The molecule has 1 fully saturated rings. The fourth-order valence-corrected chi connectivity index (χ4v) is 2.93. The van der Waals surface area contributed by atoms with Gasteiger partial charge in [0.2, 0.25) is 11.8 Å². The number of nitrogens with one attached hydrogen (secondary N) is 1. The molecule has 19 heavy (non-hydrogen) atoms. The third-order valence-electron chi connectivity index (χ3n) is 3.61. The molecule has 1 saturated heterocycles. The second-order valence-corrected chi connectivity index (χ2v) is 5.97. The van der Waals surface area contributed by atoms with Gasteiger partial charge in [0.15, 0.2) is 0 Å². The van der Waals surface area contributed by atoms with E-state index in [1.165, 1.54) is 11.3 Å². The van der Waals surface area contributed by atoms with E-state index in [-0.39, 0.29) is 23.8 Å². The molecule has 5 nitrogen and oxygen atoms in total. The zero-order chi connectivity index (χ0) is 14.0. The molecule has 3 atom stereocenters. The average molecular weight is 281 g/mol. The van der Waals surface area contributed by atoms with Crippen LogP contribution in [0.2, 0.25) is 0 Å². The summed E-state index contributed by atoms with van der Waals surface area (Å²) < 4.78 is 0. The zero-order valence-corrected chi connectivity index (χ0v) is 12.2. The van der Waals surface area contributed by atoms with Crippen molar-refractivity contribution in [2.45, 2.75) is 45.8 Å². The maximum atomic E-state index is 12.3. The minimum atomic E-state index is -0.444. The molecule has 2 amide bonds. The Morgan fingerprint density at radius 3 is 2.84 bits per heavy atom. The predicted molar refractivity (Wildman–Crippen MR) is 73.5 cm³/mol. The minimum Gasteiger partial charge on any atom is -0.343 e. The van der Waals surface area contributed by atoms with Gasteiger partial charge in [-0.1, -0.05) is 20.3 Å². The van der Waals surface area contributed by atoms with Crippen LogP contribution in [0.15, 0.2) is 11.7 Å². The quantitative estimate of drug-likeness (QED) is 0.907. The number of carbonyl (C=O) groups excluding carboxylic acids is 2. The molecule has 1 aliphatic rings. The first-order valence-corrected chi connectivity index (χ1v) is 7.40. The van der Waals surface area contributed by atoms with Crippen LogP contribution in [0.25, 0.3) is 0 Å². The molecule has 2 heterocycles. The Hall–Kier alpha value is -1.43. The number of thiazole rings is 1. The van der Waals surface area contributed by atoms with Crippen molar-refractivity contribution in [2.75, 3.05) is 0 Å². The molecule has 0 radical (unpaired) electrons. The molecular weight excluding hydrogens is 262 g/mol. The highest BCUT2D eigenvalue weighted by atomic mass is 32.1. The number of piperazine rings is 1. The second kappa shape index (κ2) is 5.69. The van der Waals surface area contributed by atoms with Gasteiger partial charge in [0, 0.05) is 11.1 Å². The number of hydrogen-bond donors (Lipinski definition) is 1. The van der Waals surface area contributed by atoms with Crippen LogP contribution in [-0.4, -0.2) is 33.8 Å². The number of nitrogens with zero attached hydrogens (tertiary/aromatic N) is 2. The van der Waals surface area contributed by atoms with E-state index in [0.29, 0.717) is 6.54 Å². The predicted octanol–water partition coefficient (Wildman–Crippen LogP) is 1.40. The van der Waals surface area contributed by atoms with Gasteiger partial charge in [-0.15, -0.1) is 11.3 Å². The molecule has 1 aromatic rings. The van der Waals surface area contributed by atoms with E-state index in [9.17, 15) is 9.59 Å². The van der Waals surface area contributed by atoms with Gasteiger partial charge in [-0.2, -0.15) is 0 Å². The minimum absolute atomic E-state index is 0.0155. The molecule has 1 aliphatic heterocycles. The summed E-state index contributed by atoms with van der Waals surface area (Å²) in [7, 11) is 0. The number of rotatable bonds is 4. The van der Waals surface area contributed by atoms with Gasteiger partial charge in [-0.05, 0) is 12.8 Å². The first-order chi connectivity index (χ1) is 9.04. The Bertz CT molecular complexity index is 460. The van der Waals surface area contributed by atoms with Crippen molar-refractivity contribution in [3.05, 3.63) is 16.6 Å². The van der Waals surface area contributed by atoms with E-state index in [0.717, 1.165) is 11.3 Å². The van der Waals surface area contributed by atoms with Crippen LogP contribution < -0.4 is 5.32 Å². The van der Waals surface area contributed by atoms with E-state index >= 15 is 0 Å². The van der Waals surface area contributed by atoms with E-state index in [4.69, 9.17) is 0 Å². The third-order valence-corrected chi connectivity index (χ3v) is 4.37. The summed E-state index contributed by atoms with van der Waals surface area (Å²) in [6, 6.07) is -0.823. The van der Waals surface area contributed by atoms with E-state index in [2.05, 4.69) is 10.3 Å². The Kier molecular flexibility index (Phi) is 4.19. The molecule has 0 saturated carbocycles. The smallest absolute Gasteiger partial charge is 0.245 e. The van der Waals surface area contributed by atoms with Crippen molar-refractivity contribution in [3.8, 4) is 0 Å².